The third-order valence-electron chi connectivity index (χ3n) is 5.19. The molecule has 0 spiro atoms. The van der Waals surface area contributed by atoms with E-state index in [2.05, 4.69) is 10.6 Å². The number of nitrogens with zero attached hydrogens (tertiary/aromatic N) is 2. The lowest BCUT2D eigenvalue weighted by atomic mass is 10.0. The van der Waals surface area contributed by atoms with Crippen LogP contribution >= 0.6 is 0 Å². The van der Waals surface area contributed by atoms with E-state index in [-0.39, 0.29) is 36.9 Å². The fraction of sp³-hybridized carbons (Fsp3) is 0.565. The average molecular weight is 431 g/mol. The second-order valence-electron chi connectivity index (χ2n) is 8.72. The SMILES string of the molecule is Cc1ccccc1C(=O)NC(CC(C)C)C(=O)N1CCN(C(=O)C(=O)NC(C)C)CC1. The molecule has 1 aromatic rings. The summed E-state index contributed by atoms with van der Waals surface area (Å²) in [7, 11) is 0. The molecular weight excluding hydrogens is 396 g/mol. The number of amides is 4. The Morgan fingerprint density at radius 2 is 1.48 bits per heavy atom. The molecule has 1 fully saturated rings. The Kier molecular flexibility index (Phi) is 8.59. The van der Waals surface area contributed by atoms with Gasteiger partial charge in [0.2, 0.25) is 5.91 Å². The molecule has 0 aliphatic carbocycles. The fourth-order valence-electron chi connectivity index (χ4n) is 3.57. The van der Waals surface area contributed by atoms with E-state index in [0.29, 0.717) is 25.1 Å². The van der Waals surface area contributed by atoms with Gasteiger partial charge in [0.25, 0.3) is 5.91 Å². The normalized spacial score (nSPS) is 15.1. The second-order valence-corrected chi connectivity index (χ2v) is 8.72. The molecule has 1 aromatic carbocycles. The fourth-order valence-corrected chi connectivity index (χ4v) is 3.57. The van der Waals surface area contributed by atoms with Gasteiger partial charge in [-0.2, -0.15) is 0 Å². The maximum Gasteiger partial charge on any atom is 0.312 e. The predicted octanol–water partition coefficient (Wildman–Crippen LogP) is 1.33. The molecule has 170 valence electrons. The van der Waals surface area contributed by atoms with Crippen LogP contribution in [-0.4, -0.2) is 71.7 Å². The monoisotopic (exact) mass is 430 g/mol. The molecule has 8 heteroatoms. The van der Waals surface area contributed by atoms with Gasteiger partial charge in [-0.1, -0.05) is 32.0 Å². The molecule has 0 bridgehead atoms. The van der Waals surface area contributed by atoms with Gasteiger partial charge in [0.15, 0.2) is 0 Å². The van der Waals surface area contributed by atoms with E-state index < -0.39 is 17.9 Å². The summed E-state index contributed by atoms with van der Waals surface area (Å²) >= 11 is 0. The number of benzene rings is 1. The molecule has 2 N–H and O–H groups in total. The van der Waals surface area contributed by atoms with Gasteiger partial charge in [0.05, 0.1) is 0 Å². The largest absolute Gasteiger partial charge is 0.346 e. The smallest absolute Gasteiger partial charge is 0.312 e. The van der Waals surface area contributed by atoms with Gasteiger partial charge in [-0.05, 0) is 44.7 Å². The van der Waals surface area contributed by atoms with Gasteiger partial charge < -0.3 is 20.4 Å². The van der Waals surface area contributed by atoms with Gasteiger partial charge in [-0.15, -0.1) is 0 Å². The number of carbonyl (C=O) groups is 4. The Morgan fingerprint density at radius 1 is 0.903 bits per heavy atom. The van der Waals surface area contributed by atoms with Crippen molar-refractivity contribution in [1.82, 2.24) is 20.4 Å². The van der Waals surface area contributed by atoms with Crippen LogP contribution in [-0.2, 0) is 14.4 Å². The molecule has 1 saturated heterocycles. The summed E-state index contributed by atoms with van der Waals surface area (Å²) in [6.07, 6.45) is 0.520. The highest BCUT2D eigenvalue weighted by Crippen LogP contribution is 2.13. The summed E-state index contributed by atoms with van der Waals surface area (Å²) in [6, 6.07) is 6.51. The summed E-state index contributed by atoms with van der Waals surface area (Å²) in [4.78, 5) is 53.3. The van der Waals surface area contributed by atoms with Crippen molar-refractivity contribution in [2.24, 2.45) is 5.92 Å². The molecular formula is C23H34N4O4. The quantitative estimate of drug-likeness (QED) is 0.665. The van der Waals surface area contributed by atoms with Gasteiger partial charge in [-0.25, -0.2) is 0 Å². The number of hydrogen-bond donors (Lipinski definition) is 2. The predicted molar refractivity (Wildman–Crippen MR) is 118 cm³/mol. The van der Waals surface area contributed by atoms with Gasteiger partial charge in [0.1, 0.15) is 6.04 Å². The molecule has 1 aliphatic rings. The summed E-state index contributed by atoms with van der Waals surface area (Å²) in [5, 5.41) is 5.50. The van der Waals surface area contributed by atoms with Crippen LogP contribution in [0.3, 0.4) is 0 Å². The van der Waals surface area contributed by atoms with E-state index in [1.165, 1.54) is 4.90 Å². The van der Waals surface area contributed by atoms with Gasteiger partial charge in [-0.3, -0.25) is 19.2 Å². The standard InChI is InChI=1S/C23H34N4O4/c1-15(2)14-19(25-20(28)18-9-7-6-8-17(18)5)22(30)26-10-12-27(13-11-26)23(31)21(29)24-16(3)4/h6-9,15-16,19H,10-14H2,1-5H3,(H,24,29)(H,25,28). The van der Waals surface area contributed by atoms with Crippen LogP contribution in [0.5, 0.6) is 0 Å². The zero-order chi connectivity index (χ0) is 23.1. The first-order valence-corrected chi connectivity index (χ1v) is 10.8. The van der Waals surface area contributed by atoms with E-state index in [9.17, 15) is 19.2 Å². The van der Waals surface area contributed by atoms with Crippen molar-refractivity contribution in [3.8, 4) is 0 Å². The summed E-state index contributed by atoms with van der Waals surface area (Å²) in [5.74, 6) is -1.41. The van der Waals surface area contributed by atoms with Crippen molar-refractivity contribution in [3.05, 3.63) is 35.4 Å². The Morgan fingerprint density at radius 3 is 2.03 bits per heavy atom. The van der Waals surface area contributed by atoms with Crippen LogP contribution in [0.15, 0.2) is 24.3 Å². The summed E-state index contributed by atoms with van der Waals surface area (Å²) in [5.41, 5.74) is 1.40. The topological polar surface area (TPSA) is 98.8 Å². The van der Waals surface area contributed by atoms with Gasteiger partial charge >= 0.3 is 11.8 Å². The van der Waals surface area contributed by atoms with Crippen LogP contribution < -0.4 is 10.6 Å². The minimum absolute atomic E-state index is 0.118. The van der Waals surface area contributed by atoms with Crippen molar-refractivity contribution >= 4 is 23.6 Å². The van der Waals surface area contributed by atoms with Crippen LogP contribution in [0, 0.1) is 12.8 Å². The maximum atomic E-state index is 13.2. The van der Waals surface area contributed by atoms with Crippen LogP contribution in [0.1, 0.15) is 50.0 Å². The van der Waals surface area contributed by atoms with Crippen LogP contribution in [0.4, 0.5) is 0 Å². The molecule has 1 aliphatic heterocycles. The van der Waals surface area contributed by atoms with Crippen LogP contribution in [0.2, 0.25) is 0 Å². The van der Waals surface area contributed by atoms with E-state index in [4.69, 9.17) is 0 Å². The third-order valence-corrected chi connectivity index (χ3v) is 5.19. The highest BCUT2D eigenvalue weighted by atomic mass is 16.2. The first kappa shape index (κ1) is 24.4. The van der Waals surface area contributed by atoms with Crippen molar-refractivity contribution in [2.75, 3.05) is 26.2 Å². The van der Waals surface area contributed by atoms with E-state index in [1.54, 1.807) is 30.9 Å². The van der Waals surface area contributed by atoms with Crippen molar-refractivity contribution in [1.29, 1.82) is 0 Å². The Hall–Kier alpha value is -2.90. The Bertz CT molecular complexity index is 814. The first-order valence-electron chi connectivity index (χ1n) is 10.8. The molecule has 31 heavy (non-hydrogen) atoms. The molecule has 8 nitrogen and oxygen atoms in total. The summed E-state index contributed by atoms with van der Waals surface area (Å²) in [6.45, 7) is 10.7. The lowest BCUT2D eigenvalue weighted by Gasteiger charge is -2.36. The molecule has 1 unspecified atom stereocenters. The van der Waals surface area contributed by atoms with Crippen LogP contribution in [0.25, 0.3) is 0 Å². The number of hydrogen-bond acceptors (Lipinski definition) is 4. The van der Waals surface area contributed by atoms with Gasteiger partial charge in [0, 0.05) is 37.8 Å². The zero-order valence-corrected chi connectivity index (χ0v) is 19.1. The molecule has 4 amide bonds. The lowest BCUT2D eigenvalue weighted by Crippen LogP contribution is -2.57. The molecule has 0 aromatic heterocycles. The number of carbonyl (C=O) groups excluding carboxylic acids is 4. The Balaban J connectivity index is 2.01. The minimum atomic E-state index is -0.640. The minimum Gasteiger partial charge on any atom is -0.346 e. The molecule has 0 radical (unpaired) electrons. The summed E-state index contributed by atoms with van der Waals surface area (Å²) < 4.78 is 0. The molecule has 0 saturated carbocycles. The Labute approximate surface area is 184 Å². The second kappa shape index (κ2) is 10.9. The molecule has 1 heterocycles. The zero-order valence-electron chi connectivity index (χ0n) is 19.1. The first-order chi connectivity index (χ1) is 14.6. The van der Waals surface area contributed by atoms with Crippen molar-refractivity contribution in [3.63, 3.8) is 0 Å². The average Bonchev–Trinajstić information content (AvgIpc) is 2.71. The van der Waals surface area contributed by atoms with Crippen molar-refractivity contribution < 1.29 is 19.2 Å². The van der Waals surface area contributed by atoms with E-state index >= 15 is 0 Å². The lowest BCUT2D eigenvalue weighted by molar-refractivity contribution is -0.149. The third kappa shape index (κ3) is 6.80. The van der Waals surface area contributed by atoms with Crippen molar-refractivity contribution in [2.45, 2.75) is 53.1 Å². The maximum absolute atomic E-state index is 13.2. The van der Waals surface area contributed by atoms with E-state index in [0.717, 1.165) is 5.56 Å². The highest BCUT2D eigenvalue weighted by Gasteiger charge is 2.32. The number of piperazine rings is 1. The highest BCUT2D eigenvalue weighted by molar-refractivity contribution is 6.35. The molecule has 1 atom stereocenters. The number of rotatable bonds is 6. The molecule has 2 rings (SSSR count). The number of aryl methyl sites for hydroxylation is 1. The van der Waals surface area contributed by atoms with E-state index in [1.807, 2.05) is 32.9 Å². The number of nitrogens with one attached hydrogen (secondary N) is 2.